The van der Waals surface area contributed by atoms with Crippen molar-refractivity contribution in [2.45, 2.75) is 32.6 Å². The number of halogens is 1. The molecule has 0 atom stereocenters. The molecule has 4 heteroatoms. The van der Waals surface area contributed by atoms with Gasteiger partial charge in [-0.05, 0) is 26.3 Å². The summed E-state index contributed by atoms with van der Waals surface area (Å²) in [5.41, 5.74) is 0. The molecule has 0 unspecified atom stereocenters. The van der Waals surface area contributed by atoms with Crippen LogP contribution in [0.15, 0.2) is 0 Å². The summed E-state index contributed by atoms with van der Waals surface area (Å²) in [7, 11) is 0.472. The molecule has 0 spiro atoms. The Labute approximate surface area is 75.7 Å². The number of ether oxygens (including phenoxy) is 2. The van der Waals surface area contributed by atoms with Crippen molar-refractivity contribution in [3.63, 3.8) is 0 Å². The SMILES string of the molecule is CCOC(CC[Si]Cl)OCC. The zero-order valence-corrected chi connectivity index (χ0v) is 8.86. The molecule has 0 N–H and O–H groups in total. The van der Waals surface area contributed by atoms with Crippen molar-refractivity contribution in [1.82, 2.24) is 0 Å². The van der Waals surface area contributed by atoms with E-state index < -0.39 is 0 Å². The van der Waals surface area contributed by atoms with E-state index in [2.05, 4.69) is 0 Å². The molecule has 0 fully saturated rings. The van der Waals surface area contributed by atoms with Crippen molar-refractivity contribution < 1.29 is 9.47 Å². The highest BCUT2D eigenvalue weighted by Crippen LogP contribution is 2.04. The van der Waals surface area contributed by atoms with E-state index in [1.165, 1.54) is 0 Å². The van der Waals surface area contributed by atoms with E-state index in [4.69, 9.17) is 20.6 Å². The maximum Gasteiger partial charge on any atom is 0.171 e. The van der Waals surface area contributed by atoms with Gasteiger partial charge in [-0.1, -0.05) is 0 Å². The predicted molar refractivity (Wildman–Crippen MR) is 48.1 cm³/mol. The van der Waals surface area contributed by atoms with Crippen LogP contribution in [0.3, 0.4) is 0 Å². The second-order valence-electron chi connectivity index (χ2n) is 2.01. The summed E-state index contributed by atoms with van der Waals surface area (Å²) in [6.07, 6.45) is 0.861. The molecule has 0 heterocycles. The quantitative estimate of drug-likeness (QED) is 0.351. The predicted octanol–water partition coefficient (Wildman–Crippen LogP) is 2.05. The molecule has 2 nitrogen and oxygen atoms in total. The average Bonchev–Trinajstić information content (AvgIpc) is 2.01. The van der Waals surface area contributed by atoms with Gasteiger partial charge in [-0.2, -0.15) is 11.1 Å². The molecule has 0 aliphatic carbocycles. The van der Waals surface area contributed by atoms with E-state index >= 15 is 0 Å². The fourth-order valence-electron chi connectivity index (χ4n) is 0.759. The van der Waals surface area contributed by atoms with Crippen molar-refractivity contribution in [3.8, 4) is 0 Å². The van der Waals surface area contributed by atoms with Crippen LogP contribution in [0.1, 0.15) is 20.3 Å². The van der Waals surface area contributed by atoms with Gasteiger partial charge >= 0.3 is 0 Å². The van der Waals surface area contributed by atoms with E-state index in [9.17, 15) is 0 Å². The van der Waals surface area contributed by atoms with E-state index in [0.29, 0.717) is 22.0 Å². The van der Waals surface area contributed by atoms with E-state index in [0.717, 1.165) is 12.5 Å². The highest BCUT2D eigenvalue weighted by Gasteiger charge is 2.06. The lowest BCUT2D eigenvalue weighted by atomic mass is 10.4. The van der Waals surface area contributed by atoms with Gasteiger partial charge in [0.1, 0.15) is 0 Å². The van der Waals surface area contributed by atoms with Crippen LogP contribution in [0.2, 0.25) is 6.04 Å². The molecule has 0 aromatic carbocycles. The Morgan fingerprint density at radius 3 is 2.18 bits per heavy atom. The lowest BCUT2D eigenvalue weighted by Crippen LogP contribution is -2.17. The summed E-state index contributed by atoms with van der Waals surface area (Å²) >= 11 is 5.56. The molecule has 66 valence electrons. The van der Waals surface area contributed by atoms with Crippen molar-refractivity contribution in [3.05, 3.63) is 0 Å². The Bertz CT molecular complexity index is 76.8. The van der Waals surface area contributed by atoms with Crippen molar-refractivity contribution in [2.75, 3.05) is 13.2 Å². The van der Waals surface area contributed by atoms with Crippen LogP contribution in [-0.4, -0.2) is 28.3 Å². The van der Waals surface area contributed by atoms with Crippen LogP contribution in [0.5, 0.6) is 0 Å². The Morgan fingerprint density at radius 1 is 1.27 bits per heavy atom. The Balaban J connectivity index is 3.34. The molecule has 11 heavy (non-hydrogen) atoms. The minimum absolute atomic E-state index is 0.0451. The summed E-state index contributed by atoms with van der Waals surface area (Å²) < 4.78 is 10.6. The lowest BCUT2D eigenvalue weighted by Gasteiger charge is -2.15. The van der Waals surface area contributed by atoms with Crippen molar-refractivity contribution in [2.24, 2.45) is 0 Å². The summed E-state index contributed by atoms with van der Waals surface area (Å²) in [6.45, 7) is 5.34. The first kappa shape index (κ1) is 11.4. The molecule has 0 aliphatic rings. The van der Waals surface area contributed by atoms with Crippen LogP contribution in [-0.2, 0) is 9.47 Å². The van der Waals surface area contributed by atoms with E-state index in [-0.39, 0.29) is 6.29 Å². The second kappa shape index (κ2) is 8.52. The Morgan fingerprint density at radius 2 is 1.82 bits per heavy atom. The minimum Gasteiger partial charge on any atom is -0.353 e. The number of hydrogen-bond acceptors (Lipinski definition) is 2. The van der Waals surface area contributed by atoms with Gasteiger partial charge in [0.25, 0.3) is 0 Å². The van der Waals surface area contributed by atoms with E-state index in [1.54, 1.807) is 0 Å². The van der Waals surface area contributed by atoms with Crippen molar-refractivity contribution >= 4 is 19.9 Å². The summed E-state index contributed by atoms with van der Waals surface area (Å²) in [5, 5.41) is 0. The summed E-state index contributed by atoms with van der Waals surface area (Å²) in [6, 6.07) is 0.978. The zero-order valence-electron chi connectivity index (χ0n) is 7.10. The topological polar surface area (TPSA) is 18.5 Å². The number of rotatable bonds is 7. The molecule has 0 bridgehead atoms. The second-order valence-corrected chi connectivity index (χ2v) is 3.58. The molecular weight excluding hydrogens is 180 g/mol. The molecule has 0 amide bonds. The van der Waals surface area contributed by atoms with Crippen LogP contribution < -0.4 is 0 Å². The van der Waals surface area contributed by atoms with Gasteiger partial charge in [0, 0.05) is 13.2 Å². The van der Waals surface area contributed by atoms with Crippen LogP contribution >= 0.6 is 11.1 Å². The van der Waals surface area contributed by atoms with Gasteiger partial charge < -0.3 is 9.47 Å². The molecule has 2 radical (unpaired) electrons. The highest BCUT2D eigenvalue weighted by atomic mass is 35.6. The molecule has 0 aromatic heterocycles. The van der Waals surface area contributed by atoms with Crippen molar-refractivity contribution in [1.29, 1.82) is 0 Å². The molecule has 0 saturated heterocycles. The van der Waals surface area contributed by atoms with Gasteiger partial charge in [0.2, 0.25) is 0 Å². The number of hydrogen-bond donors (Lipinski definition) is 0. The maximum absolute atomic E-state index is 5.56. The molecule has 0 saturated carbocycles. The third-order valence-electron chi connectivity index (χ3n) is 1.18. The van der Waals surface area contributed by atoms with Crippen LogP contribution in [0.4, 0.5) is 0 Å². The van der Waals surface area contributed by atoms with Gasteiger partial charge in [-0.25, -0.2) is 0 Å². The first-order chi connectivity index (χ1) is 5.35. The largest absolute Gasteiger partial charge is 0.353 e. The Kier molecular flexibility index (Phi) is 8.85. The first-order valence-corrected chi connectivity index (χ1v) is 6.13. The monoisotopic (exact) mass is 194 g/mol. The highest BCUT2D eigenvalue weighted by molar-refractivity contribution is 6.93. The third kappa shape index (κ3) is 6.81. The normalized spacial score (nSPS) is 10.9. The first-order valence-electron chi connectivity index (χ1n) is 3.91. The summed E-state index contributed by atoms with van der Waals surface area (Å²) in [5.74, 6) is 0. The fourth-order valence-corrected chi connectivity index (χ4v) is 1.43. The molecule has 0 rings (SSSR count). The fraction of sp³-hybridized carbons (Fsp3) is 1.00. The van der Waals surface area contributed by atoms with Gasteiger partial charge in [0.05, 0.1) is 0 Å². The van der Waals surface area contributed by atoms with E-state index in [1.807, 2.05) is 13.8 Å². The standard InChI is InChI=1S/C7H15ClO2Si/c1-3-9-7(10-4-2)5-6-11-8/h7H,3-6H2,1-2H3. The molecule has 0 aromatic rings. The molecule has 0 aliphatic heterocycles. The van der Waals surface area contributed by atoms with Crippen LogP contribution in [0.25, 0.3) is 0 Å². The molecular formula is C7H15ClO2Si. The summed E-state index contributed by atoms with van der Waals surface area (Å²) in [4.78, 5) is 0. The minimum atomic E-state index is -0.0451. The van der Waals surface area contributed by atoms with Gasteiger partial charge in [-0.3, -0.25) is 0 Å². The van der Waals surface area contributed by atoms with Gasteiger partial charge in [0.15, 0.2) is 15.1 Å². The lowest BCUT2D eigenvalue weighted by molar-refractivity contribution is -0.136. The third-order valence-corrected chi connectivity index (χ3v) is 2.22. The van der Waals surface area contributed by atoms with Crippen LogP contribution in [0, 0.1) is 0 Å². The zero-order chi connectivity index (χ0) is 8.53. The maximum atomic E-state index is 5.56. The average molecular weight is 195 g/mol. The smallest absolute Gasteiger partial charge is 0.171 e. The Hall–Kier alpha value is 0.427. The van der Waals surface area contributed by atoms with Gasteiger partial charge in [-0.15, -0.1) is 0 Å².